The Bertz CT molecular complexity index is 427. The summed E-state index contributed by atoms with van der Waals surface area (Å²) >= 11 is 0. The molecule has 0 aromatic heterocycles. The van der Waals surface area contributed by atoms with Crippen LogP contribution in [0.3, 0.4) is 0 Å². The first kappa shape index (κ1) is 14.8. The zero-order chi connectivity index (χ0) is 14.1. The first-order valence-electron chi connectivity index (χ1n) is 5.92. The molecule has 0 saturated carbocycles. The average molecular weight is 264 g/mol. The van der Waals surface area contributed by atoms with Gasteiger partial charge in [0.15, 0.2) is 0 Å². The van der Waals surface area contributed by atoms with E-state index in [1.54, 1.807) is 30.3 Å². The molecule has 5 nitrogen and oxygen atoms in total. The van der Waals surface area contributed by atoms with Crippen molar-refractivity contribution in [3.8, 4) is 5.75 Å². The van der Waals surface area contributed by atoms with Gasteiger partial charge in [-0.2, -0.15) is 0 Å². The van der Waals surface area contributed by atoms with E-state index in [1.807, 2.05) is 6.92 Å². The summed E-state index contributed by atoms with van der Waals surface area (Å²) in [4.78, 5) is 22.6. The molecule has 0 spiro atoms. The Balaban J connectivity index is 2.51. The number of esters is 1. The summed E-state index contributed by atoms with van der Waals surface area (Å²) in [6.45, 7) is 5.15. The lowest BCUT2D eigenvalue weighted by atomic mass is 10.3. The topological polar surface area (TPSA) is 61.8 Å². The van der Waals surface area contributed by atoms with Gasteiger partial charge in [0.25, 0.3) is 6.29 Å². The molecule has 0 fully saturated rings. The third kappa shape index (κ3) is 5.72. The monoisotopic (exact) mass is 264 g/mol. The second kappa shape index (κ2) is 7.92. The third-order valence-electron chi connectivity index (χ3n) is 2.11. The van der Waals surface area contributed by atoms with Gasteiger partial charge in [-0.25, -0.2) is 9.59 Å². The van der Waals surface area contributed by atoms with Gasteiger partial charge in [-0.3, -0.25) is 0 Å². The normalized spacial score (nSPS) is 11.2. The molecular weight excluding hydrogens is 248 g/mol. The average Bonchev–Trinajstić information content (AvgIpc) is 2.39. The molecule has 19 heavy (non-hydrogen) atoms. The minimum atomic E-state index is -0.966. The molecule has 0 aliphatic rings. The smallest absolute Gasteiger partial charge is 0.422 e. The summed E-state index contributed by atoms with van der Waals surface area (Å²) < 4.78 is 14.7. The maximum atomic E-state index is 11.5. The van der Waals surface area contributed by atoms with Crippen molar-refractivity contribution in [2.75, 3.05) is 0 Å². The Kier molecular flexibility index (Phi) is 6.15. The molecule has 1 aromatic rings. The van der Waals surface area contributed by atoms with E-state index >= 15 is 0 Å². The lowest BCUT2D eigenvalue weighted by Crippen LogP contribution is -2.25. The fourth-order valence-electron chi connectivity index (χ4n) is 1.27. The van der Waals surface area contributed by atoms with Crippen LogP contribution in [0.15, 0.2) is 43.0 Å². The summed E-state index contributed by atoms with van der Waals surface area (Å²) in [5, 5.41) is 0. The summed E-state index contributed by atoms with van der Waals surface area (Å²) in [5.41, 5.74) is 0. The Morgan fingerprint density at radius 1 is 1.26 bits per heavy atom. The van der Waals surface area contributed by atoms with E-state index in [9.17, 15) is 9.59 Å². The van der Waals surface area contributed by atoms with Crippen LogP contribution in [0.25, 0.3) is 0 Å². The number of carbonyl (C=O) groups is 2. The quantitative estimate of drug-likeness (QED) is 0.342. The summed E-state index contributed by atoms with van der Waals surface area (Å²) in [7, 11) is 0. The Morgan fingerprint density at radius 2 is 1.95 bits per heavy atom. The van der Waals surface area contributed by atoms with Crippen LogP contribution in [-0.2, 0) is 14.3 Å². The maximum absolute atomic E-state index is 11.5. The summed E-state index contributed by atoms with van der Waals surface area (Å²) in [5.74, 6) is -0.288. The van der Waals surface area contributed by atoms with Crippen LogP contribution >= 0.6 is 0 Å². The zero-order valence-electron chi connectivity index (χ0n) is 10.7. The molecule has 0 amide bonds. The van der Waals surface area contributed by atoms with Crippen molar-refractivity contribution < 1.29 is 23.8 Å². The van der Waals surface area contributed by atoms with Crippen molar-refractivity contribution in [2.24, 2.45) is 0 Å². The highest BCUT2D eigenvalue weighted by atomic mass is 16.8. The van der Waals surface area contributed by atoms with Crippen molar-refractivity contribution in [3.05, 3.63) is 43.0 Å². The van der Waals surface area contributed by atoms with Gasteiger partial charge in [0.2, 0.25) is 0 Å². The predicted molar refractivity (Wildman–Crippen MR) is 68.5 cm³/mol. The number of carbonyl (C=O) groups excluding carboxylic acids is 2. The Hall–Kier alpha value is -2.30. The highest BCUT2D eigenvalue weighted by Crippen LogP contribution is 2.12. The van der Waals surface area contributed by atoms with Crippen molar-refractivity contribution >= 4 is 12.1 Å². The fourth-order valence-corrected chi connectivity index (χ4v) is 1.27. The van der Waals surface area contributed by atoms with E-state index < -0.39 is 18.4 Å². The van der Waals surface area contributed by atoms with Gasteiger partial charge in [0.1, 0.15) is 5.75 Å². The van der Waals surface area contributed by atoms with Gasteiger partial charge in [-0.15, -0.1) is 0 Å². The molecule has 5 heteroatoms. The Labute approximate surface area is 111 Å². The number of ether oxygens (including phenoxy) is 3. The molecule has 0 aliphatic carbocycles. The van der Waals surface area contributed by atoms with E-state index in [-0.39, 0.29) is 0 Å². The van der Waals surface area contributed by atoms with Gasteiger partial charge in [-0.1, -0.05) is 31.7 Å². The molecule has 0 aliphatic heterocycles. The van der Waals surface area contributed by atoms with Crippen LogP contribution < -0.4 is 4.74 Å². The molecule has 0 radical (unpaired) electrons. The fraction of sp³-hybridized carbons (Fsp3) is 0.286. The largest absolute Gasteiger partial charge is 0.516 e. The van der Waals surface area contributed by atoms with Crippen LogP contribution in [-0.4, -0.2) is 18.4 Å². The SMILES string of the molecule is C=CC(=O)OC(CCC)OC(=O)Oc1ccccc1. The standard InChI is InChI=1S/C14H16O5/c1-3-8-13(18-12(15)4-2)19-14(16)17-11-9-6-5-7-10-11/h4-7,9-10,13H,2-3,8H2,1H3. The van der Waals surface area contributed by atoms with Crippen LogP contribution in [0.4, 0.5) is 4.79 Å². The summed E-state index contributed by atoms with van der Waals surface area (Å²) in [6, 6.07) is 8.48. The minimum absolute atomic E-state index is 0.359. The minimum Gasteiger partial charge on any atom is -0.422 e. The molecule has 0 N–H and O–H groups in total. The molecule has 1 unspecified atom stereocenters. The number of benzene rings is 1. The maximum Gasteiger partial charge on any atom is 0.516 e. The van der Waals surface area contributed by atoms with Crippen molar-refractivity contribution in [1.29, 1.82) is 0 Å². The molecule has 0 bridgehead atoms. The van der Waals surface area contributed by atoms with E-state index in [2.05, 4.69) is 6.58 Å². The lowest BCUT2D eigenvalue weighted by molar-refractivity contribution is -0.164. The second-order valence-corrected chi connectivity index (χ2v) is 3.64. The molecule has 1 aromatic carbocycles. The molecular formula is C14H16O5. The number of para-hydroxylation sites is 1. The highest BCUT2D eigenvalue weighted by molar-refractivity contribution is 5.81. The second-order valence-electron chi connectivity index (χ2n) is 3.64. The number of hydrogen-bond acceptors (Lipinski definition) is 5. The Morgan fingerprint density at radius 3 is 2.53 bits per heavy atom. The lowest BCUT2D eigenvalue weighted by Gasteiger charge is -2.16. The van der Waals surface area contributed by atoms with Crippen LogP contribution in [0.2, 0.25) is 0 Å². The van der Waals surface area contributed by atoms with Crippen molar-refractivity contribution in [3.63, 3.8) is 0 Å². The molecule has 0 heterocycles. The first-order valence-corrected chi connectivity index (χ1v) is 5.92. The number of rotatable bonds is 6. The van der Waals surface area contributed by atoms with Gasteiger partial charge in [0.05, 0.1) is 0 Å². The number of hydrogen-bond donors (Lipinski definition) is 0. The van der Waals surface area contributed by atoms with Gasteiger partial charge in [0, 0.05) is 12.5 Å². The van der Waals surface area contributed by atoms with E-state index in [0.717, 1.165) is 6.08 Å². The van der Waals surface area contributed by atoms with Crippen molar-refractivity contribution in [1.82, 2.24) is 0 Å². The van der Waals surface area contributed by atoms with Gasteiger partial charge in [-0.05, 0) is 18.6 Å². The van der Waals surface area contributed by atoms with E-state index in [1.165, 1.54) is 0 Å². The third-order valence-corrected chi connectivity index (χ3v) is 2.11. The molecule has 102 valence electrons. The van der Waals surface area contributed by atoms with E-state index in [0.29, 0.717) is 18.6 Å². The molecule has 0 saturated heterocycles. The van der Waals surface area contributed by atoms with Crippen LogP contribution in [0.1, 0.15) is 19.8 Å². The highest BCUT2D eigenvalue weighted by Gasteiger charge is 2.18. The predicted octanol–water partition coefficient (Wildman–Crippen LogP) is 3.06. The van der Waals surface area contributed by atoms with Gasteiger partial charge >= 0.3 is 12.1 Å². The first-order chi connectivity index (χ1) is 9.15. The van der Waals surface area contributed by atoms with Gasteiger partial charge < -0.3 is 14.2 Å². The molecule has 1 rings (SSSR count). The van der Waals surface area contributed by atoms with Crippen molar-refractivity contribution in [2.45, 2.75) is 26.1 Å². The van der Waals surface area contributed by atoms with Crippen LogP contribution in [0.5, 0.6) is 5.75 Å². The van der Waals surface area contributed by atoms with Crippen LogP contribution in [0, 0.1) is 0 Å². The molecule has 1 atom stereocenters. The zero-order valence-corrected chi connectivity index (χ0v) is 10.7. The van der Waals surface area contributed by atoms with E-state index in [4.69, 9.17) is 14.2 Å². The summed E-state index contributed by atoms with van der Waals surface area (Å²) in [6.07, 6.45) is 0.208.